The summed E-state index contributed by atoms with van der Waals surface area (Å²) in [4.78, 5) is 25.7. The highest BCUT2D eigenvalue weighted by atomic mass is 16.7. The van der Waals surface area contributed by atoms with Crippen molar-refractivity contribution in [3.8, 4) is 0 Å². The number of nitrogens with one attached hydrogen (secondary N) is 1. The maximum atomic E-state index is 13.1. The van der Waals surface area contributed by atoms with Crippen molar-refractivity contribution in [2.24, 2.45) is 5.92 Å². The van der Waals surface area contributed by atoms with Gasteiger partial charge in [-0.3, -0.25) is 9.59 Å². The molecule has 0 saturated heterocycles. The number of rotatable bonds is 10. The van der Waals surface area contributed by atoms with Gasteiger partial charge < -0.3 is 29.1 Å². The van der Waals surface area contributed by atoms with E-state index in [4.69, 9.17) is 23.7 Å². The van der Waals surface area contributed by atoms with Crippen molar-refractivity contribution < 1.29 is 28.5 Å². The largest absolute Gasteiger partial charge is 0.464 e. The first kappa shape index (κ1) is 21.5. The number of carbonyl (C=O) groups excluding carboxylic acids is 1. The number of para-hydroxylation sites is 1. The molecule has 2 atom stereocenters. The molecule has 0 unspecified atom stereocenters. The summed E-state index contributed by atoms with van der Waals surface area (Å²) in [6.07, 6.45) is 5.04. The van der Waals surface area contributed by atoms with Gasteiger partial charge in [-0.2, -0.15) is 0 Å². The number of hydrogen-bond acceptors (Lipinski definition) is 7. The predicted molar refractivity (Wildman–Crippen MR) is 112 cm³/mol. The van der Waals surface area contributed by atoms with E-state index in [2.05, 4.69) is 5.32 Å². The molecule has 1 aromatic carbocycles. The van der Waals surface area contributed by atoms with Crippen LogP contribution in [0.1, 0.15) is 30.7 Å². The number of hydrogen-bond donors (Lipinski definition) is 2. The highest BCUT2D eigenvalue weighted by molar-refractivity contribution is 5.91. The summed E-state index contributed by atoms with van der Waals surface area (Å²) in [6, 6.07) is 7.07. The summed E-state index contributed by atoms with van der Waals surface area (Å²) in [7, 11) is 0. The summed E-state index contributed by atoms with van der Waals surface area (Å²) in [6.45, 7) is 1.30. The van der Waals surface area contributed by atoms with Crippen molar-refractivity contribution in [3.05, 3.63) is 58.2 Å². The quantitative estimate of drug-likeness (QED) is 0.557. The van der Waals surface area contributed by atoms with Gasteiger partial charge in [-0.25, -0.2) is 0 Å². The molecule has 8 heteroatoms. The first-order chi connectivity index (χ1) is 15.2. The molecule has 1 aliphatic carbocycles. The minimum Gasteiger partial charge on any atom is -0.464 e. The van der Waals surface area contributed by atoms with E-state index in [-0.39, 0.29) is 49.4 Å². The number of benzene rings is 1. The van der Waals surface area contributed by atoms with Crippen molar-refractivity contribution >= 4 is 16.9 Å². The number of fused-ring (bicyclic) bond motifs is 1. The van der Waals surface area contributed by atoms with E-state index < -0.39 is 6.29 Å². The molecular formula is C23H27NO7. The van der Waals surface area contributed by atoms with Gasteiger partial charge in [0.2, 0.25) is 6.29 Å². The summed E-state index contributed by atoms with van der Waals surface area (Å²) < 4.78 is 22.4. The average Bonchev–Trinajstić information content (AvgIpc) is 3.62. The molecule has 0 bridgehead atoms. The number of allylic oxidation sites excluding steroid dienone is 1. The SMILES string of the molecule is O=C(NCC1CC1)C1=C[C@H](c2coc3ccccc3c2=O)C[C@H](OCCOCCO)O1. The van der Waals surface area contributed by atoms with Gasteiger partial charge in [-0.15, -0.1) is 0 Å². The monoisotopic (exact) mass is 429 g/mol. The first-order valence-electron chi connectivity index (χ1n) is 10.6. The van der Waals surface area contributed by atoms with Gasteiger partial charge in [0, 0.05) is 24.4 Å². The second kappa shape index (κ2) is 10.1. The van der Waals surface area contributed by atoms with Crippen molar-refractivity contribution in [1.29, 1.82) is 0 Å². The van der Waals surface area contributed by atoms with Crippen LogP contribution in [-0.2, 0) is 19.0 Å². The molecule has 4 rings (SSSR count). The number of carbonyl (C=O) groups is 1. The molecule has 1 fully saturated rings. The van der Waals surface area contributed by atoms with Crippen LogP contribution in [0.3, 0.4) is 0 Å². The Labute approximate surface area is 179 Å². The van der Waals surface area contributed by atoms with Gasteiger partial charge >= 0.3 is 0 Å². The molecule has 2 heterocycles. The highest BCUT2D eigenvalue weighted by Crippen LogP contribution is 2.31. The van der Waals surface area contributed by atoms with E-state index >= 15 is 0 Å². The zero-order valence-electron chi connectivity index (χ0n) is 17.2. The topological polar surface area (TPSA) is 107 Å². The van der Waals surface area contributed by atoms with Gasteiger partial charge in [-0.1, -0.05) is 12.1 Å². The van der Waals surface area contributed by atoms with Crippen LogP contribution < -0.4 is 10.7 Å². The number of ether oxygens (including phenoxy) is 3. The molecule has 31 heavy (non-hydrogen) atoms. The standard InChI is InChI=1S/C23H27NO7/c25-7-8-28-9-10-29-21-12-16(11-20(31-21)23(27)24-13-15-5-6-15)18-14-30-19-4-2-1-3-17(19)22(18)26/h1-4,11,14-16,21,25H,5-10,12-13H2,(H,24,27)/t16-,21+/m0/s1. The van der Waals surface area contributed by atoms with Crippen molar-refractivity contribution in [3.63, 3.8) is 0 Å². The first-order valence-corrected chi connectivity index (χ1v) is 10.6. The smallest absolute Gasteiger partial charge is 0.286 e. The molecule has 1 aromatic heterocycles. The van der Waals surface area contributed by atoms with E-state index in [0.717, 1.165) is 12.8 Å². The highest BCUT2D eigenvalue weighted by Gasteiger charge is 2.31. The minimum absolute atomic E-state index is 0.0617. The number of aliphatic hydroxyl groups excluding tert-OH is 1. The van der Waals surface area contributed by atoms with E-state index in [0.29, 0.717) is 35.4 Å². The zero-order chi connectivity index (χ0) is 21.6. The Kier molecular flexibility index (Phi) is 7.01. The molecule has 2 N–H and O–H groups in total. The Hall–Kier alpha value is -2.68. The molecule has 8 nitrogen and oxygen atoms in total. The zero-order valence-corrected chi connectivity index (χ0v) is 17.2. The number of aliphatic hydroxyl groups is 1. The maximum absolute atomic E-state index is 13.1. The van der Waals surface area contributed by atoms with Crippen LogP contribution in [0.15, 0.2) is 51.6 Å². The van der Waals surface area contributed by atoms with Gasteiger partial charge in [0.1, 0.15) is 5.58 Å². The van der Waals surface area contributed by atoms with Crippen molar-refractivity contribution in [1.82, 2.24) is 5.32 Å². The van der Waals surface area contributed by atoms with Crippen LogP contribution in [0.25, 0.3) is 11.0 Å². The molecule has 0 radical (unpaired) electrons. The summed E-state index contributed by atoms with van der Waals surface area (Å²) in [5.41, 5.74) is 0.843. The molecule has 0 spiro atoms. The minimum atomic E-state index is -0.708. The third kappa shape index (κ3) is 5.52. The Balaban J connectivity index is 1.53. The fraction of sp³-hybridized carbons (Fsp3) is 0.478. The van der Waals surface area contributed by atoms with Crippen LogP contribution in [0.5, 0.6) is 0 Å². The van der Waals surface area contributed by atoms with E-state index in [1.165, 1.54) is 6.26 Å². The second-order valence-electron chi connectivity index (χ2n) is 7.80. The second-order valence-corrected chi connectivity index (χ2v) is 7.80. The van der Waals surface area contributed by atoms with Crippen molar-refractivity contribution in [2.75, 3.05) is 33.0 Å². The lowest BCUT2D eigenvalue weighted by atomic mass is 9.93. The van der Waals surface area contributed by atoms with Crippen LogP contribution in [0.2, 0.25) is 0 Å². The summed E-state index contributed by atoms with van der Waals surface area (Å²) in [5.74, 6) is -0.0236. The molecule has 166 valence electrons. The predicted octanol–water partition coefficient (Wildman–Crippen LogP) is 2.06. The van der Waals surface area contributed by atoms with Gasteiger partial charge in [0.05, 0.1) is 38.1 Å². The Morgan fingerprint density at radius 2 is 2.03 bits per heavy atom. The fourth-order valence-electron chi connectivity index (χ4n) is 3.54. The van der Waals surface area contributed by atoms with Gasteiger partial charge in [0.25, 0.3) is 5.91 Å². The van der Waals surface area contributed by atoms with Crippen LogP contribution >= 0.6 is 0 Å². The molecule has 2 aliphatic rings. The summed E-state index contributed by atoms with van der Waals surface area (Å²) in [5, 5.41) is 12.2. The van der Waals surface area contributed by atoms with Crippen LogP contribution in [-0.4, -0.2) is 50.3 Å². The summed E-state index contributed by atoms with van der Waals surface area (Å²) >= 11 is 0. The maximum Gasteiger partial charge on any atom is 0.286 e. The molecule has 1 amide bonds. The normalized spacial score (nSPS) is 20.9. The van der Waals surface area contributed by atoms with Gasteiger partial charge in [-0.05, 0) is 37.0 Å². The third-order valence-electron chi connectivity index (χ3n) is 5.40. The van der Waals surface area contributed by atoms with Crippen molar-refractivity contribution in [2.45, 2.75) is 31.5 Å². The third-order valence-corrected chi connectivity index (χ3v) is 5.40. The lowest BCUT2D eigenvalue weighted by Crippen LogP contribution is -2.34. The van der Waals surface area contributed by atoms with Crippen LogP contribution in [0.4, 0.5) is 0 Å². The van der Waals surface area contributed by atoms with E-state index in [1.807, 2.05) is 6.07 Å². The Morgan fingerprint density at radius 3 is 2.84 bits per heavy atom. The van der Waals surface area contributed by atoms with E-state index in [1.54, 1.807) is 24.3 Å². The molecular weight excluding hydrogens is 402 g/mol. The Bertz CT molecular complexity index is 995. The van der Waals surface area contributed by atoms with Crippen LogP contribution in [0, 0.1) is 5.92 Å². The lowest BCUT2D eigenvalue weighted by Gasteiger charge is -2.29. The Morgan fingerprint density at radius 1 is 1.19 bits per heavy atom. The number of amides is 1. The molecule has 1 saturated carbocycles. The molecule has 1 aliphatic heterocycles. The van der Waals surface area contributed by atoms with Gasteiger partial charge in [0.15, 0.2) is 11.2 Å². The fourth-order valence-corrected chi connectivity index (χ4v) is 3.54. The lowest BCUT2D eigenvalue weighted by molar-refractivity contribution is -0.151. The average molecular weight is 429 g/mol. The van der Waals surface area contributed by atoms with E-state index in [9.17, 15) is 9.59 Å². The molecule has 2 aromatic rings.